The van der Waals surface area contributed by atoms with Crippen LogP contribution in [-0.4, -0.2) is 11.7 Å². The van der Waals surface area contributed by atoms with Gasteiger partial charge >= 0.3 is 0 Å². The predicted octanol–water partition coefficient (Wildman–Crippen LogP) is 4.84. The predicted molar refractivity (Wildman–Crippen MR) is 103 cm³/mol. The SMILES string of the molecule is Clc1cccc(C2N=C(c3ccccc3)NC(c3ccccc3)=N2)c1. The summed E-state index contributed by atoms with van der Waals surface area (Å²) in [6.07, 6.45) is -0.328. The third-order valence-electron chi connectivity index (χ3n) is 3.98. The second-order valence-electron chi connectivity index (χ2n) is 5.74. The fraction of sp³-hybridized carbons (Fsp3) is 0.0476. The Kier molecular flexibility index (Phi) is 4.32. The number of hydrogen-bond acceptors (Lipinski definition) is 3. The standard InChI is InChI=1S/C21H16ClN3/c22-18-13-7-12-17(14-18)21-24-19(15-8-3-1-4-9-15)23-20(25-21)16-10-5-2-6-11-16/h1-14,21H,(H,23,24,25). The number of hydrogen-bond donors (Lipinski definition) is 1. The number of nitrogens with one attached hydrogen (secondary N) is 1. The van der Waals surface area contributed by atoms with Gasteiger partial charge in [-0.2, -0.15) is 0 Å². The lowest BCUT2D eigenvalue weighted by Crippen LogP contribution is -2.35. The highest BCUT2D eigenvalue weighted by molar-refractivity contribution is 6.30. The summed E-state index contributed by atoms with van der Waals surface area (Å²) in [5, 5.41) is 4.05. The number of nitrogens with zero attached hydrogens (tertiary/aromatic N) is 2. The molecule has 1 aliphatic rings. The van der Waals surface area contributed by atoms with E-state index >= 15 is 0 Å². The highest BCUT2D eigenvalue weighted by Gasteiger charge is 2.20. The first-order valence-corrected chi connectivity index (χ1v) is 8.46. The van der Waals surface area contributed by atoms with Crippen LogP contribution in [0.2, 0.25) is 5.02 Å². The normalized spacial score (nSPS) is 14.4. The molecule has 0 bridgehead atoms. The van der Waals surface area contributed by atoms with E-state index in [2.05, 4.69) is 5.32 Å². The van der Waals surface area contributed by atoms with E-state index in [1.807, 2.05) is 84.9 Å². The molecule has 0 saturated carbocycles. The van der Waals surface area contributed by atoms with E-state index in [1.54, 1.807) is 0 Å². The first-order valence-electron chi connectivity index (χ1n) is 8.08. The Morgan fingerprint density at radius 2 is 1.24 bits per heavy atom. The molecule has 0 saturated heterocycles. The van der Waals surface area contributed by atoms with Crippen molar-refractivity contribution in [2.45, 2.75) is 6.17 Å². The third kappa shape index (κ3) is 3.47. The molecule has 0 spiro atoms. The maximum Gasteiger partial charge on any atom is 0.169 e. The van der Waals surface area contributed by atoms with Gasteiger partial charge in [-0.3, -0.25) is 0 Å². The summed E-state index contributed by atoms with van der Waals surface area (Å²) >= 11 is 6.16. The molecule has 25 heavy (non-hydrogen) atoms. The van der Waals surface area contributed by atoms with Gasteiger partial charge in [-0.1, -0.05) is 84.4 Å². The summed E-state index contributed by atoms with van der Waals surface area (Å²) in [4.78, 5) is 9.60. The molecule has 0 atom stereocenters. The van der Waals surface area contributed by atoms with Crippen molar-refractivity contribution in [3.8, 4) is 0 Å². The molecule has 0 aliphatic carbocycles. The Morgan fingerprint density at radius 3 is 1.76 bits per heavy atom. The zero-order valence-corrected chi connectivity index (χ0v) is 14.2. The second-order valence-corrected chi connectivity index (χ2v) is 6.18. The van der Waals surface area contributed by atoms with Crippen molar-refractivity contribution >= 4 is 23.3 Å². The fourth-order valence-corrected chi connectivity index (χ4v) is 2.95. The van der Waals surface area contributed by atoms with E-state index in [0.29, 0.717) is 5.02 Å². The van der Waals surface area contributed by atoms with E-state index < -0.39 is 0 Å². The second kappa shape index (κ2) is 6.91. The summed E-state index contributed by atoms with van der Waals surface area (Å²) in [5.74, 6) is 1.61. The Bertz CT molecular complexity index is 878. The van der Waals surface area contributed by atoms with Gasteiger partial charge in [0, 0.05) is 16.1 Å². The largest absolute Gasteiger partial charge is 0.324 e. The molecule has 122 valence electrons. The maximum atomic E-state index is 6.16. The zero-order chi connectivity index (χ0) is 17.1. The molecule has 0 aromatic heterocycles. The van der Waals surface area contributed by atoms with Gasteiger partial charge in [0.2, 0.25) is 0 Å². The van der Waals surface area contributed by atoms with Crippen molar-refractivity contribution in [1.82, 2.24) is 5.32 Å². The van der Waals surface area contributed by atoms with Crippen LogP contribution in [0.3, 0.4) is 0 Å². The van der Waals surface area contributed by atoms with Crippen molar-refractivity contribution in [3.05, 3.63) is 107 Å². The first kappa shape index (κ1) is 15.6. The molecule has 1 N–H and O–H groups in total. The van der Waals surface area contributed by atoms with Crippen LogP contribution in [0.4, 0.5) is 0 Å². The van der Waals surface area contributed by atoms with E-state index in [4.69, 9.17) is 21.6 Å². The van der Waals surface area contributed by atoms with Crippen LogP contribution >= 0.6 is 11.6 Å². The monoisotopic (exact) mass is 345 g/mol. The first-order chi connectivity index (χ1) is 12.3. The van der Waals surface area contributed by atoms with Crippen LogP contribution in [-0.2, 0) is 0 Å². The minimum atomic E-state index is -0.328. The van der Waals surface area contributed by atoms with E-state index in [1.165, 1.54) is 0 Å². The van der Waals surface area contributed by atoms with Gasteiger partial charge in [-0.25, -0.2) is 9.98 Å². The molecule has 1 aliphatic heterocycles. The Hall–Kier alpha value is -2.91. The maximum absolute atomic E-state index is 6.16. The Morgan fingerprint density at radius 1 is 0.680 bits per heavy atom. The van der Waals surface area contributed by atoms with Gasteiger partial charge in [0.15, 0.2) is 6.17 Å². The lowest BCUT2D eigenvalue weighted by molar-refractivity contribution is 0.756. The fourth-order valence-electron chi connectivity index (χ4n) is 2.75. The van der Waals surface area contributed by atoms with Gasteiger partial charge in [-0.05, 0) is 17.7 Å². The molecule has 4 rings (SSSR count). The van der Waals surface area contributed by atoms with Crippen molar-refractivity contribution in [2.24, 2.45) is 9.98 Å². The van der Waals surface area contributed by atoms with Gasteiger partial charge in [-0.15, -0.1) is 0 Å². The van der Waals surface area contributed by atoms with Crippen molar-refractivity contribution < 1.29 is 0 Å². The minimum absolute atomic E-state index is 0.328. The summed E-state index contributed by atoms with van der Waals surface area (Å²) in [5.41, 5.74) is 3.02. The quantitative estimate of drug-likeness (QED) is 0.724. The van der Waals surface area contributed by atoms with Crippen LogP contribution < -0.4 is 5.32 Å². The van der Waals surface area contributed by atoms with Crippen molar-refractivity contribution in [3.63, 3.8) is 0 Å². The number of rotatable bonds is 3. The zero-order valence-electron chi connectivity index (χ0n) is 13.4. The molecule has 0 radical (unpaired) electrons. The van der Waals surface area contributed by atoms with E-state index in [0.717, 1.165) is 28.4 Å². The molecular weight excluding hydrogens is 330 g/mol. The van der Waals surface area contributed by atoms with E-state index in [-0.39, 0.29) is 6.17 Å². The van der Waals surface area contributed by atoms with E-state index in [9.17, 15) is 0 Å². The smallest absolute Gasteiger partial charge is 0.169 e. The van der Waals surface area contributed by atoms with Crippen LogP contribution in [0.15, 0.2) is 94.9 Å². The van der Waals surface area contributed by atoms with Gasteiger partial charge < -0.3 is 5.32 Å². The number of aliphatic imine (C=N–C) groups is 2. The molecule has 3 aromatic carbocycles. The third-order valence-corrected chi connectivity index (χ3v) is 4.22. The number of halogens is 1. The molecule has 0 amide bonds. The lowest BCUT2D eigenvalue weighted by atomic mass is 10.1. The molecule has 0 unspecified atom stereocenters. The van der Waals surface area contributed by atoms with Gasteiger partial charge in [0.1, 0.15) is 11.7 Å². The van der Waals surface area contributed by atoms with Crippen molar-refractivity contribution in [1.29, 1.82) is 0 Å². The van der Waals surface area contributed by atoms with Gasteiger partial charge in [0.25, 0.3) is 0 Å². The topological polar surface area (TPSA) is 36.8 Å². The average Bonchev–Trinajstić information content (AvgIpc) is 2.69. The molecule has 0 fully saturated rings. The number of benzene rings is 3. The number of amidine groups is 2. The molecular formula is C21H16ClN3. The summed E-state index contributed by atoms with van der Waals surface area (Å²) < 4.78 is 0. The van der Waals surface area contributed by atoms with Crippen molar-refractivity contribution in [2.75, 3.05) is 0 Å². The summed E-state index contributed by atoms with van der Waals surface area (Å²) in [6.45, 7) is 0. The van der Waals surface area contributed by atoms with Crippen LogP contribution in [0.1, 0.15) is 22.9 Å². The minimum Gasteiger partial charge on any atom is -0.324 e. The van der Waals surface area contributed by atoms with Crippen LogP contribution in [0.25, 0.3) is 0 Å². The van der Waals surface area contributed by atoms with Crippen LogP contribution in [0.5, 0.6) is 0 Å². The Labute approximate surface area is 151 Å². The lowest BCUT2D eigenvalue weighted by Gasteiger charge is -2.22. The summed E-state index contributed by atoms with van der Waals surface area (Å²) in [7, 11) is 0. The van der Waals surface area contributed by atoms with Gasteiger partial charge in [0.05, 0.1) is 0 Å². The molecule has 4 heteroatoms. The Balaban J connectivity index is 1.79. The summed E-state index contributed by atoms with van der Waals surface area (Å²) in [6, 6.07) is 27.8. The molecule has 3 nitrogen and oxygen atoms in total. The molecule has 3 aromatic rings. The highest BCUT2D eigenvalue weighted by Crippen LogP contribution is 2.26. The van der Waals surface area contributed by atoms with Crippen LogP contribution in [0, 0.1) is 0 Å². The molecule has 1 heterocycles. The highest BCUT2D eigenvalue weighted by atomic mass is 35.5. The average molecular weight is 346 g/mol.